The molecule has 0 radical (unpaired) electrons. The summed E-state index contributed by atoms with van der Waals surface area (Å²) in [5.74, 6) is 1.13. The maximum atomic E-state index is 12.5. The van der Waals surface area contributed by atoms with Crippen molar-refractivity contribution in [1.82, 2.24) is 14.9 Å². The molecule has 9 heteroatoms. The summed E-state index contributed by atoms with van der Waals surface area (Å²) in [7, 11) is 1.59. The summed E-state index contributed by atoms with van der Waals surface area (Å²) in [5.41, 5.74) is 1.57. The van der Waals surface area contributed by atoms with Gasteiger partial charge in [-0.2, -0.15) is 0 Å². The number of benzene rings is 1. The Morgan fingerprint density at radius 2 is 2.15 bits per heavy atom. The smallest absolute Gasteiger partial charge is 0.242 e. The molecule has 0 saturated carbocycles. The number of aromatic nitrogens is 2. The molecule has 0 spiro atoms. The SMILES string of the molecule is COc1cc(N2CCN(C(=O)CNc3ncncc3C=N)CC2)ccc1Cl. The van der Waals surface area contributed by atoms with E-state index in [9.17, 15) is 4.79 Å². The molecule has 27 heavy (non-hydrogen) atoms. The summed E-state index contributed by atoms with van der Waals surface area (Å²) in [6, 6.07) is 5.69. The molecule has 1 aliphatic rings. The summed E-state index contributed by atoms with van der Waals surface area (Å²) in [4.78, 5) is 24.4. The quantitative estimate of drug-likeness (QED) is 0.734. The molecule has 1 amide bonds. The van der Waals surface area contributed by atoms with E-state index >= 15 is 0 Å². The van der Waals surface area contributed by atoms with Gasteiger partial charge in [-0.05, 0) is 12.1 Å². The standard InChI is InChI=1S/C18H21ClN6O2/c1-27-16-8-14(2-3-15(16)19)24-4-6-25(7-5-24)17(26)11-22-18-13(9-20)10-21-12-23-18/h2-3,8-10,12,20H,4-7,11H2,1H3,(H,21,22,23). The second-order valence-corrected chi connectivity index (χ2v) is 6.42. The van der Waals surface area contributed by atoms with Crippen LogP contribution in [0.1, 0.15) is 5.56 Å². The number of nitrogens with zero attached hydrogens (tertiary/aromatic N) is 4. The minimum absolute atomic E-state index is 0.00196. The summed E-state index contributed by atoms with van der Waals surface area (Å²) in [6.45, 7) is 2.86. The predicted octanol–water partition coefficient (Wildman–Crippen LogP) is 1.90. The van der Waals surface area contributed by atoms with Crippen molar-refractivity contribution in [2.24, 2.45) is 0 Å². The number of anilines is 2. The van der Waals surface area contributed by atoms with Gasteiger partial charge in [0.1, 0.15) is 17.9 Å². The van der Waals surface area contributed by atoms with Gasteiger partial charge in [0.25, 0.3) is 0 Å². The van der Waals surface area contributed by atoms with Gasteiger partial charge in [-0.15, -0.1) is 0 Å². The molecule has 2 heterocycles. The number of carbonyl (C=O) groups excluding carboxylic acids is 1. The Kier molecular flexibility index (Phi) is 6.08. The van der Waals surface area contributed by atoms with Gasteiger partial charge in [-0.25, -0.2) is 9.97 Å². The fourth-order valence-corrected chi connectivity index (χ4v) is 3.12. The minimum atomic E-state index is -0.00196. The molecule has 1 saturated heterocycles. The lowest BCUT2D eigenvalue weighted by Crippen LogP contribution is -2.50. The molecule has 1 aliphatic heterocycles. The maximum absolute atomic E-state index is 12.5. The van der Waals surface area contributed by atoms with E-state index in [0.717, 1.165) is 25.0 Å². The van der Waals surface area contributed by atoms with Crippen molar-refractivity contribution < 1.29 is 9.53 Å². The van der Waals surface area contributed by atoms with Crippen molar-refractivity contribution in [3.8, 4) is 5.75 Å². The lowest BCUT2D eigenvalue weighted by Gasteiger charge is -2.36. The van der Waals surface area contributed by atoms with Crippen molar-refractivity contribution in [3.05, 3.63) is 41.3 Å². The first-order chi connectivity index (χ1) is 13.1. The lowest BCUT2D eigenvalue weighted by atomic mass is 10.2. The summed E-state index contributed by atoms with van der Waals surface area (Å²) in [6.07, 6.45) is 4.08. The molecule has 0 unspecified atom stereocenters. The Hall–Kier alpha value is -2.87. The van der Waals surface area contributed by atoms with Gasteiger partial charge in [0.05, 0.1) is 24.2 Å². The zero-order valence-corrected chi connectivity index (χ0v) is 15.7. The molecule has 1 aromatic carbocycles. The zero-order chi connectivity index (χ0) is 19.2. The van der Waals surface area contributed by atoms with E-state index in [2.05, 4.69) is 20.2 Å². The van der Waals surface area contributed by atoms with E-state index in [0.29, 0.717) is 35.2 Å². The van der Waals surface area contributed by atoms with Crippen LogP contribution in [0.4, 0.5) is 11.5 Å². The predicted molar refractivity (Wildman–Crippen MR) is 105 cm³/mol. The average molecular weight is 389 g/mol. The van der Waals surface area contributed by atoms with Gasteiger partial charge in [-0.1, -0.05) is 11.6 Å². The van der Waals surface area contributed by atoms with E-state index < -0.39 is 0 Å². The van der Waals surface area contributed by atoms with Crippen molar-refractivity contribution in [3.63, 3.8) is 0 Å². The highest BCUT2D eigenvalue weighted by molar-refractivity contribution is 6.32. The first-order valence-electron chi connectivity index (χ1n) is 8.53. The van der Waals surface area contributed by atoms with Gasteiger partial charge in [0, 0.05) is 50.3 Å². The number of amides is 1. The number of piperazine rings is 1. The van der Waals surface area contributed by atoms with E-state index in [1.807, 2.05) is 23.1 Å². The maximum Gasteiger partial charge on any atom is 0.242 e. The van der Waals surface area contributed by atoms with Crippen LogP contribution in [-0.4, -0.2) is 66.8 Å². The van der Waals surface area contributed by atoms with Crippen molar-refractivity contribution >= 4 is 35.2 Å². The van der Waals surface area contributed by atoms with Gasteiger partial charge in [-0.3, -0.25) is 4.79 Å². The first kappa shape index (κ1) is 18.9. The average Bonchev–Trinajstić information content (AvgIpc) is 2.72. The van der Waals surface area contributed by atoms with E-state index in [4.69, 9.17) is 21.7 Å². The van der Waals surface area contributed by atoms with E-state index in [-0.39, 0.29) is 12.5 Å². The summed E-state index contributed by atoms with van der Waals surface area (Å²) >= 11 is 6.08. The zero-order valence-electron chi connectivity index (χ0n) is 15.0. The molecule has 0 aliphatic carbocycles. The third kappa shape index (κ3) is 4.46. The number of ether oxygens (including phenoxy) is 1. The van der Waals surface area contributed by atoms with Gasteiger partial charge in [0.15, 0.2) is 0 Å². The van der Waals surface area contributed by atoms with Crippen LogP contribution in [0.15, 0.2) is 30.7 Å². The van der Waals surface area contributed by atoms with Crippen molar-refractivity contribution in [2.45, 2.75) is 0 Å². The summed E-state index contributed by atoms with van der Waals surface area (Å²) < 4.78 is 5.27. The first-order valence-corrected chi connectivity index (χ1v) is 8.90. The largest absolute Gasteiger partial charge is 0.495 e. The van der Waals surface area contributed by atoms with Crippen LogP contribution in [0, 0.1) is 5.41 Å². The van der Waals surface area contributed by atoms with Gasteiger partial charge in [0.2, 0.25) is 5.91 Å². The summed E-state index contributed by atoms with van der Waals surface area (Å²) in [5, 5.41) is 10.9. The normalized spacial score (nSPS) is 14.0. The Bertz CT molecular complexity index is 823. The van der Waals surface area contributed by atoms with Crippen LogP contribution in [-0.2, 0) is 4.79 Å². The topological polar surface area (TPSA) is 94.4 Å². The third-order valence-corrected chi connectivity index (χ3v) is 4.75. The van der Waals surface area contributed by atoms with Crippen LogP contribution in [0.25, 0.3) is 0 Å². The van der Waals surface area contributed by atoms with E-state index in [1.165, 1.54) is 12.5 Å². The highest BCUT2D eigenvalue weighted by atomic mass is 35.5. The molecular formula is C18H21ClN6O2. The number of methoxy groups -OCH3 is 1. The molecule has 2 N–H and O–H groups in total. The van der Waals surface area contributed by atoms with Crippen LogP contribution in [0.2, 0.25) is 5.02 Å². The Balaban J connectivity index is 1.54. The number of carbonyl (C=O) groups is 1. The highest BCUT2D eigenvalue weighted by Crippen LogP contribution is 2.29. The number of hydrogen-bond acceptors (Lipinski definition) is 7. The van der Waals surface area contributed by atoms with Crippen LogP contribution >= 0.6 is 11.6 Å². The second kappa shape index (κ2) is 8.68. The fourth-order valence-electron chi connectivity index (χ4n) is 2.92. The van der Waals surface area contributed by atoms with E-state index in [1.54, 1.807) is 7.11 Å². The molecule has 0 atom stereocenters. The molecular weight excluding hydrogens is 368 g/mol. The Labute approximate surface area is 162 Å². The number of hydrogen-bond donors (Lipinski definition) is 2. The Morgan fingerprint density at radius 1 is 1.37 bits per heavy atom. The molecule has 8 nitrogen and oxygen atoms in total. The molecule has 2 aromatic rings. The van der Waals surface area contributed by atoms with Crippen LogP contribution in [0.3, 0.4) is 0 Å². The fraction of sp³-hybridized carbons (Fsp3) is 0.333. The number of halogens is 1. The third-order valence-electron chi connectivity index (χ3n) is 4.44. The lowest BCUT2D eigenvalue weighted by molar-refractivity contribution is -0.129. The molecule has 3 rings (SSSR count). The minimum Gasteiger partial charge on any atom is -0.495 e. The van der Waals surface area contributed by atoms with Crippen molar-refractivity contribution in [2.75, 3.05) is 50.1 Å². The van der Waals surface area contributed by atoms with Crippen LogP contribution < -0.4 is 15.0 Å². The molecule has 0 bridgehead atoms. The number of rotatable bonds is 6. The monoisotopic (exact) mass is 388 g/mol. The Morgan fingerprint density at radius 3 is 2.85 bits per heavy atom. The molecule has 142 valence electrons. The molecule has 1 aromatic heterocycles. The van der Waals surface area contributed by atoms with Gasteiger partial charge >= 0.3 is 0 Å². The molecule has 1 fully saturated rings. The van der Waals surface area contributed by atoms with Gasteiger partial charge < -0.3 is 25.3 Å². The van der Waals surface area contributed by atoms with Crippen molar-refractivity contribution in [1.29, 1.82) is 5.41 Å². The van der Waals surface area contributed by atoms with Crippen LogP contribution in [0.5, 0.6) is 5.75 Å². The number of nitrogens with one attached hydrogen (secondary N) is 2. The highest BCUT2D eigenvalue weighted by Gasteiger charge is 2.22. The second-order valence-electron chi connectivity index (χ2n) is 6.01.